The maximum atomic E-state index is 5.36. The largest absolute Gasteiger partial charge is 0.469 e. The van der Waals surface area contributed by atoms with Crippen molar-refractivity contribution >= 4 is 0 Å². The Morgan fingerprint density at radius 1 is 1.53 bits per heavy atom. The fourth-order valence-corrected chi connectivity index (χ4v) is 1.98. The van der Waals surface area contributed by atoms with E-state index in [1.54, 1.807) is 12.5 Å². The number of furan rings is 1. The summed E-state index contributed by atoms with van der Waals surface area (Å²) in [5.41, 5.74) is 2.17. The number of hydrogen-bond donors (Lipinski definition) is 1. The lowest BCUT2D eigenvalue weighted by atomic mass is 10.1. The van der Waals surface area contributed by atoms with E-state index in [1.165, 1.54) is 0 Å². The maximum Gasteiger partial charge on any atom is 0.101 e. The third-order valence-electron chi connectivity index (χ3n) is 2.75. The van der Waals surface area contributed by atoms with Crippen molar-refractivity contribution in [2.75, 3.05) is 7.05 Å². The van der Waals surface area contributed by atoms with Crippen LogP contribution in [-0.2, 0) is 6.54 Å². The van der Waals surface area contributed by atoms with E-state index in [0.717, 1.165) is 30.0 Å². The maximum absolute atomic E-state index is 5.36. The van der Waals surface area contributed by atoms with Crippen LogP contribution in [0.2, 0.25) is 0 Å². The predicted octanol–water partition coefficient (Wildman–Crippen LogP) is 1.90. The first-order chi connectivity index (χ1) is 8.26. The summed E-state index contributed by atoms with van der Waals surface area (Å²) in [5, 5.41) is 11.4. The van der Waals surface area contributed by atoms with Gasteiger partial charge >= 0.3 is 0 Å². The van der Waals surface area contributed by atoms with Crippen molar-refractivity contribution in [3.63, 3.8) is 0 Å². The Bertz CT molecular complexity index is 474. The number of hydrogen-bond acceptors (Lipinski definition) is 4. The van der Waals surface area contributed by atoms with E-state index in [9.17, 15) is 0 Å². The van der Waals surface area contributed by atoms with Gasteiger partial charge in [-0.3, -0.25) is 0 Å². The minimum absolute atomic E-state index is 0.0778. The van der Waals surface area contributed by atoms with Gasteiger partial charge in [0.2, 0.25) is 0 Å². The zero-order valence-corrected chi connectivity index (χ0v) is 10.5. The molecule has 1 N–H and O–H groups in total. The van der Waals surface area contributed by atoms with E-state index in [4.69, 9.17) is 4.42 Å². The molecule has 0 saturated carbocycles. The van der Waals surface area contributed by atoms with Crippen LogP contribution in [0.1, 0.15) is 36.4 Å². The molecule has 1 atom stereocenters. The molecular formula is C12H18N4O. The van der Waals surface area contributed by atoms with Crippen LogP contribution in [0.5, 0.6) is 0 Å². The topological polar surface area (TPSA) is 55.9 Å². The summed E-state index contributed by atoms with van der Waals surface area (Å²) < 4.78 is 7.29. The summed E-state index contributed by atoms with van der Waals surface area (Å²) in [5.74, 6) is 0.912. The molecule has 2 aromatic rings. The van der Waals surface area contributed by atoms with Crippen LogP contribution in [0.3, 0.4) is 0 Å². The fourth-order valence-electron chi connectivity index (χ4n) is 1.98. The number of nitrogens with one attached hydrogen (secondary N) is 1. The number of rotatable bonds is 5. The highest BCUT2D eigenvalue weighted by Crippen LogP contribution is 2.22. The second-order valence-electron chi connectivity index (χ2n) is 4.09. The van der Waals surface area contributed by atoms with Gasteiger partial charge in [0.15, 0.2) is 0 Å². The van der Waals surface area contributed by atoms with E-state index in [1.807, 2.05) is 24.7 Å². The summed E-state index contributed by atoms with van der Waals surface area (Å²) in [6.07, 6.45) is 4.62. The lowest BCUT2D eigenvalue weighted by Gasteiger charge is -2.15. The Hall–Kier alpha value is -1.62. The van der Waals surface area contributed by atoms with E-state index in [0.29, 0.717) is 0 Å². The molecule has 0 amide bonds. The minimum Gasteiger partial charge on any atom is -0.469 e. The van der Waals surface area contributed by atoms with Crippen molar-refractivity contribution in [3.05, 3.63) is 35.5 Å². The van der Waals surface area contributed by atoms with Crippen molar-refractivity contribution in [2.45, 2.75) is 32.9 Å². The highest BCUT2D eigenvalue weighted by molar-refractivity contribution is 5.24. The number of nitrogens with zero attached hydrogens (tertiary/aromatic N) is 3. The summed E-state index contributed by atoms with van der Waals surface area (Å²) >= 11 is 0. The smallest absolute Gasteiger partial charge is 0.101 e. The molecule has 0 spiro atoms. The van der Waals surface area contributed by atoms with Gasteiger partial charge < -0.3 is 9.73 Å². The van der Waals surface area contributed by atoms with E-state index >= 15 is 0 Å². The molecule has 2 rings (SSSR count). The van der Waals surface area contributed by atoms with Crippen LogP contribution in [0.15, 0.2) is 22.9 Å². The van der Waals surface area contributed by atoms with E-state index in [-0.39, 0.29) is 6.04 Å². The van der Waals surface area contributed by atoms with Gasteiger partial charge in [0.1, 0.15) is 5.76 Å². The zero-order chi connectivity index (χ0) is 12.3. The monoisotopic (exact) mass is 234 g/mol. The molecule has 0 saturated heterocycles. The van der Waals surface area contributed by atoms with Gasteiger partial charge in [-0.1, -0.05) is 12.1 Å². The van der Waals surface area contributed by atoms with Crippen LogP contribution in [0.25, 0.3) is 0 Å². The molecule has 0 aliphatic rings. The molecule has 2 aromatic heterocycles. The summed E-state index contributed by atoms with van der Waals surface area (Å²) in [6.45, 7) is 4.95. The Balaban J connectivity index is 2.31. The van der Waals surface area contributed by atoms with Crippen LogP contribution >= 0.6 is 0 Å². The summed E-state index contributed by atoms with van der Waals surface area (Å²) in [7, 11) is 1.93. The molecule has 0 aliphatic heterocycles. The molecule has 0 aliphatic carbocycles. The molecule has 0 fully saturated rings. The highest BCUT2D eigenvalue weighted by Gasteiger charge is 2.18. The Morgan fingerprint density at radius 3 is 2.94 bits per heavy atom. The Kier molecular flexibility index (Phi) is 3.58. The molecule has 5 nitrogen and oxygen atoms in total. The van der Waals surface area contributed by atoms with Crippen LogP contribution < -0.4 is 5.32 Å². The van der Waals surface area contributed by atoms with Crippen molar-refractivity contribution in [2.24, 2.45) is 0 Å². The molecule has 0 aromatic carbocycles. The predicted molar refractivity (Wildman–Crippen MR) is 64.7 cm³/mol. The standard InChI is InChI=1S/C12H18N4O/c1-4-5-16-11(7-14-15-16)12(13-3)10-6-9(2)17-8-10/h6-8,12-13H,4-5H2,1-3H3. The first-order valence-corrected chi connectivity index (χ1v) is 5.87. The Labute approximate surface area is 101 Å². The fraction of sp³-hybridized carbons (Fsp3) is 0.500. The zero-order valence-electron chi connectivity index (χ0n) is 10.5. The molecule has 1 unspecified atom stereocenters. The average Bonchev–Trinajstić information content (AvgIpc) is 2.91. The van der Waals surface area contributed by atoms with E-state index in [2.05, 4.69) is 22.6 Å². The van der Waals surface area contributed by atoms with E-state index < -0.39 is 0 Å². The molecule has 92 valence electrons. The number of aromatic nitrogens is 3. The molecule has 2 heterocycles. The van der Waals surface area contributed by atoms with Gasteiger partial charge in [0.25, 0.3) is 0 Å². The molecule has 0 bridgehead atoms. The normalized spacial score (nSPS) is 12.9. The van der Waals surface area contributed by atoms with Gasteiger partial charge in [0.05, 0.1) is 24.2 Å². The first-order valence-electron chi connectivity index (χ1n) is 5.87. The quantitative estimate of drug-likeness (QED) is 0.858. The minimum atomic E-state index is 0.0778. The number of aryl methyl sites for hydroxylation is 2. The van der Waals surface area contributed by atoms with Gasteiger partial charge in [-0.15, -0.1) is 5.10 Å². The Morgan fingerprint density at radius 2 is 2.35 bits per heavy atom. The van der Waals surface area contributed by atoms with Crippen molar-refractivity contribution < 1.29 is 4.42 Å². The first kappa shape index (κ1) is 11.9. The third-order valence-corrected chi connectivity index (χ3v) is 2.75. The molecule has 5 heteroatoms. The highest BCUT2D eigenvalue weighted by atomic mass is 16.3. The van der Waals surface area contributed by atoms with Crippen molar-refractivity contribution in [1.29, 1.82) is 0 Å². The third kappa shape index (κ3) is 2.39. The molecule has 0 radical (unpaired) electrons. The van der Waals surface area contributed by atoms with Crippen LogP contribution in [-0.4, -0.2) is 22.0 Å². The van der Waals surface area contributed by atoms with Gasteiger partial charge in [-0.25, -0.2) is 4.68 Å². The lowest BCUT2D eigenvalue weighted by molar-refractivity contribution is 0.510. The van der Waals surface area contributed by atoms with Crippen molar-refractivity contribution in [1.82, 2.24) is 20.3 Å². The average molecular weight is 234 g/mol. The molecular weight excluding hydrogens is 216 g/mol. The second kappa shape index (κ2) is 5.14. The lowest BCUT2D eigenvalue weighted by Crippen LogP contribution is -2.21. The van der Waals surface area contributed by atoms with Crippen molar-refractivity contribution in [3.8, 4) is 0 Å². The van der Waals surface area contributed by atoms with Gasteiger partial charge in [-0.05, 0) is 26.5 Å². The van der Waals surface area contributed by atoms with Gasteiger partial charge in [0, 0.05) is 12.1 Å². The van der Waals surface area contributed by atoms with Gasteiger partial charge in [-0.2, -0.15) is 0 Å². The second-order valence-corrected chi connectivity index (χ2v) is 4.09. The van der Waals surface area contributed by atoms with Crippen LogP contribution in [0.4, 0.5) is 0 Å². The summed E-state index contributed by atoms with van der Waals surface area (Å²) in [4.78, 5) is 0. The molecule has 17 heavy (non-hydrogen) atoms. The summed E-state index contributed by atoms with van der Waals surface area (Å²) in [6, 6.07) is 2.11. The SMILES string of the molecule is CCCn1nncc1C(NC)c1coc(C)c1. The van der Waals surface area contributed by atoms with Crippen LogP contribution in [0, 0.1) is 6.92 Å².